The normalized spacial score (nSPS) is 16.1. The third-order valence-electron chi connectivity index (χ3n) is 4.46. The number of nitrogens with zero attached hydrogens (tertiary/aromatic N) is 3. The molecule has 0 bridgehead atoms. The van der Waals surface area contributed by atoms with E-state index < -0.39 is 0 Å². The summed E-state index contributed by atoms with van der Waals surface area (Å²) in [5, 5.41) is 8.96. The van der Waals surface area contributed by atoms with Crippen LogP contribution in [0.1, 0.15) is 37.6 Å². The molecule has 1 fully saturated rings. The third-order valence-corrected chi connectivity index (χ3v) is 5.44. The van der Waals surface area contributed by atoms with Crippen LogP contribution >= 0.6 is 35.3 Å². The molecule has 1 saturated heterocycles. The fourth-order valence-corrected chi connectivity index (χ4v) is 3.76. The molecule has 1 aromatic heterocycles. The number of nitrogens with one attached hydrogen (secondary N) is 2. The number of guanidine groups is 1. The van der Waals surface area contributed by atoms with E-state index in [2.05, 4.69) is 51.9 Å². The summed E-state index contributed by atoms with van der Waals surface area (Å²) in [5.41, 5.74) is 0. The molecule has 0 spiro atoms. The molecule has 154 valence electrons. The molecule has 1 amide bonds. The van der Waals surface area contributed by atoms with Crippen LogP contribution < -0.4 is 10.6 Å². The van der Waals surface area contributed by atoms with Gasteiger partial charge in [0.15, 0.2) is 5.96 Å². The summed E-state index contributed by atoms with van der Waals surface area (Å²) >= 11 is 1.81. The highest BCUT2D eigenvalue weighted by atomic mass is 127. The molecule has 0 radical (unpaired) electrons. The van der Waals surface area contributed by atoms with Crippen LogP contribution in [-0.2, 0) is 4.79 Å². The number of amides is 1. The summed E-state index contributed by atoms with van der Waals surface area (Å²) in [6.45, 7) is 8.40. The van der Waals surface area contributed by atoms with Gasteiger partial charge < -0.3 is 15.5 Å². The van der Waals surface area contributed by atoms with Crippen LogP contribution in [0, 0.1) is 5.92 Å². The number of thiophene rings is 1. The molecule has 0 aromatic carbocycles. The lowest BCUT2D eigenvalue weighted by Crippen LogP contribution is -2.44. The van der Waals surface area contributed by atoms with Gasteiger partial charge in [0.2, 0.25) is 5.91 Å². The number of rotatable bonds is 8. The van der Waals surface area contributed by atoms with E-state index in [1.165, 1.54) is 17.7 Å². The van der Waals surface area contributed by atoms with Gasteiger partial charge in [-0.2, -0.15) is 0 Å². The first-order chi connectivity index (χ1) is 12.5. The minimum Gasteiger partial charge on any atom is -0.356 e. The number of likely N-dealkylation sites (N-methyl/N-ethyl adjacent to an activating group) is 1. The Balaban J connectivity index is 0.00000364. The van der Waals surface area contributed by atoms with Crippen LogP contribution in [0.2, 0.25) is 0 Å². The molecular weight excluding hydrogens is 473 g/mol. The molecule has 27 heavy (non-hydrogen) atoms. The lowest BCUT2D eigenvalue weighted by Gasteiger charge is -2.28. The molecule has 1 atom stereocenters. The minimum absolute atomic E-state index is 0. The topological polar surface area (TPSA) is 60.0 Å². The predicted molar refractivity (Wildman–Crippen MR) is 125 cm³/mol. The van der Waals surface area contributed by atoms with E-state index in [-0.39, 0.29) is 36.4 Å². The average molecular weight is 507 g/mol. The number of halogens is 1. The summed E-state index contributed by atoms with van der Waals surface area (Å²) in [6.07, 6.45) is 2.54. The summed E-state index contributed by atoms with van der Waals surface area (Å²) in [5.74, 6) is 1.23. The highest BCUT2D eigenvalue weighted by Crippen LogP contribution is 2.27. The van der Waals surface area contributed by atoms with Gasteiger partial charge in [-0.05, 0) is 43.3 Å². The van der Waals surface area contributed by atoms with Gasteiger partial charge in [-0.15, -0.1) is 35.3 Å². The fourth-order valence-electron chi connectivity index (χ4n) is 2.90. The number of carbonyl (C=O) groups excluding carboxylic acids is 1. The molecule has 2 rings (SSSR count). The SMILES string of the molecule is CC(C)CNC(=NCC(=O)N(C)C)NCC(c1cccs1)N1CCCC1.I. The molecule has 6 nitrogen and oxygen atoms in total. The number of aliphatic imine (C=N–C) groups is 1. The molecule has 1 aromatic rings. The maximum Gasteiger partial charge on any atom is 0.243 e. The van der Waals surface area contributed by atoms with E-state index in [9.17, 15) is 4.79 Å². The Bertz CT molecular complexity index is 571. The zero-order chi connectivity index (χ0) is 18.9. The standard InChI is InChI=1S/C19H33N5OS.HI/c1-15(2)12-20-19(22-14-18(25)23(3)4)21-13-16(17-8-7-11-26-17)24-9-5-6-10-24;/h7-8,11,15-16H,5-6,9-10,12-14H2,1-4H3,(H2,20,21,22);1H. The van der Waals surface area contributed by atoms with Gasteiger partial charge in [0.25, 0.3) is 0 Å². The van der Waals surface area contributed by atoms with E-state index in [1.54, 1.807) is 19.0 Å². The fraction of sp³-hybridized carbons (Fsp3) is 0.684. The molecule has 2 N–H and O–H groups in total. The van der Waals surface area contributed by atoms with Crippen molar-refractivity contribution in [2.24, 2.45) is 10.9 Å². The van der Waals surface area contributed by atoms with Crippen molar-refractivity contribution in [3.63, 3.8) is 0 Å². The van der Waals surface area contributed by atoms with Crippen LogP contribution in [0.15, 0.2) is 22.5 Å². The zero-order valence-electron chi connectivity index (χ0n) is 16.9. The summed E-state index contributed by atoms with van der Waals surface area (Å²) in [4.78, 5) is 21.9. The smallest absolute Gasteiger partial charge is 0.243 e. The number of carbonyl (C=O) groups is 1. The highest BCUT2D eigenvalue weighted by Gasteiger charge is 2.24. The first-order valence-corrected chi connectivity index (χ1v) is 10.3. The van der Waals surface area contributed by atoms with E-state index in [4.69, 9.17) is 0 Å². The number of likely N-dealkylation sites (tertiary alicyclic amines) is 1. The molecule has 0 saturated carbocycles. The van der Waals surface area contributed by atoms with Gasteiger partial charge in [0.05, 0.1) is 6.04 Å². The van der Waals surface area contributed by atoms with Gasteiger partial charge in [-0.3, -0.25) is 9.69 Å². The van der Waals surface area contributed by atoms with Crippen molar-refractivity contribution in [3.8, 4) is 0 Å². The Morgan fingerprint density at radius 1 is 1.26 bits per heavy atom. The van der Waals surface area contributed by atoms with Crippen LogP contribution in [0.3, 0.4) is 0 Å². The van der Waals surface area contributed by atoms with Crippen LogP contribution in [-0.4, -0.2) is 68.5 Å². The Morgan fingerprint density at radius 2 is 1.93 bits per heavy atom. The molecule has 2 heterocycles. The second-order valence-electron chi connectivity index (χ2n) is 7.38. The van der Waals surface area contributed by atoms with Crippen LogP contribution in [0.4, 0.5) is 0 Å². The quantitative estimate of drug-likeness (QED) is 0.323. The molecule has 1 unspecified atom stereocenters. The maximum absolute atomic E-state index is 11.9. The zero-order valence-corrected chi connectivity index (χ0v) is 20.0. The Kier molecular flexibility index (Phi) is 11.2. The lowest BCUT2D eigenvalue weighted by atomic mass is 10.2. The van der Waals surface area contributed by atoms with Crippen molar-refractivity contribution in [2.45, 2.75) is 32.7 Å². The Morgan fingerprint density at radius 3 is 2.48 bits per heavy atom. The highest BCUT2D eigenvalue weighted by molar-refractivity contribution is 14.0. The van der Waals surface area contributed by atoms with Gasteiger partial charge >= 0.3 is 0 Å². The third kappa shape index (κ3) is 8.35. The molecule has 1 aliphatic rings. The van der Waals surface area contributed by atoms with Gasteiger partial charge in [0.1, 0.15) is 6.54 Å². The summed E-state index contributed by atoms with van der Waals surface area (Å²) < 4.78 is 0. The monoisotopic (exact) mass is 507 g/mol. The van der Waals surface area contributed by atoms with E-state index >= 15 is 0 Å². The Labute approximate surface area is 184 Å². The van der Waals surface area contributed by atoms with E-state index in [1.807, 2.05) is 11.3 Å². The lowest BCUT2D eigenvalue weighted by molar-refractivity contribution is -0.127. The summed E-state index contributed by atoms with van der Waals surface area (Å²) in [6, 6.07) is 4.68. The Hall–Kier alpha value is -0.870. The van der Waals surface area contributed by atoms with E-state index in [0.717, 1.165) is 32.1 Å². The van der Waals surface area contributed by atoms with Gasteiger partial charge in [-0.25, -0.2) is 4.99 Å². The first kappa shape index (κ1) is 24.2. The molecule has 1 aliphatic heterocycles. The second-order valence-corrected chi connectivity index (χ2v) is 8.36. The van der Waals surface area contributed by atoms with Crippen molar-refractivity contribution in [1.82, 2.24) is 20.4 Å². The predicted octanol–water partition coefficient (Wildman–Crippen LogP) is 2.78. The maximum atomic E-state index is 11.9. The van der Waals surface area contributed by atoms with E-state index in [0.29, 0.717) is 12.0 Å². The van der Waals surface area contributed by atoms with Crippen LogP contribution in [0.5, 0.6) is 0 Å². The molecular formula is C19H34IN5OS. The first-order valence-electron chi connectivity index (χ1n) is 9.47. The van der Waals surface area contributed by atoms with Crippen molar-refractivity contribution >= 4 is 47.2 Å². The largest absolute Gasteiger partial charge is 0.356 e. The molecule has 0 aliphatic carbocycles. The number of hydrogen-bond donors (Lipinski definition) is 2. The average Bonchev–Trinajstić information content (AvgIpc) is 3.30. The van der Waals surface area contributed by atoms with Crippen molar-refractivity contribution < 1.29 is 4.79 Å². The second kappa shape index (κ2) is 12.6. The van der Waals surface area contributed by atoms with Crippen LogP contribution in [0.25, 0.3) is 0 Å². The minimum atomic E-state index is 0. The van der Waals surface area contributed by atoms with Gasteiger partial charge in [0, 0.05) is 32.1 Å². The van der Waals surface area contributed by atoms with Crippen molar-refractivity contribution in [2.75, 3.05) is 46.8 Å². The summed E-state index contributed by atoms with van der Waals surface area (Å²) in [7, 11) is 3.51. The van der Waals surface area contributed by atoms with Gasteiger partial charge in [-0.1, -0.05) is 19.9 Å². The number of hydrogen-bond acceptors (Lipinski definition) is 4. The molecule has 8 heteroatoms. The van der Waals surface area contributed by atoms with Crippen molar-refractivity contribution in [1.29, 1.82) is 0 Å². The van der Waals surface area contributed by atoms with Crippen molar-refractivity contribution in [3.05, 3.63) is 22.4 Å².